The lowest BCUT2D eigenvalue weighted by Gasteiger charge is -2.15. The molecule has 6 heteroatoms. The molecule has 2 aromatic rings. The lowest BCUT2D eigenvalue weighted by molar-refractivity contribution is -0.117. The van der Waals surface area contributed by atoms with Crippen LogP contribution in [0.25, 0.3) is 0 Å². The molecule has 0 atom stereocenters. The highest BCUT2D eigenvalue weighted by atomic mass is 16.5. The van der Waals surface area contributed by atoms with Crippen LogP contribution in [0.1, 0.15) is 49.5 Å². The van der Waals surface area contributed by atoms with E-state index in [1.807, 2.05) is 45.0 Å². The van der Waals surface area contributed by atoms with E-state index in [9.17, 15) is 9.59 Å². The van der Waals surface area contributed by atoms with E-state index in [0.717, 1.165) is 30.0 Å². The van der Waals surface area contributed by atoms with Crippen molar-refractivity contribution in [2.45, 2.75) is 39.7 Å². The Kier molecular flexibility index (Phi) is 6.09. The molecular formula is C22H25N3O3. The average Bonchev–Trinajstić information content (AvgIpc) is 3.12. The summed E-state index contributed by atoms with van der Waals surface area (Å²) in [4.78, 5) is 25.9. The van der Waals surface area contributed by atoms with Gasteiger partial charge in [0.15, 0.2) is 0 Å². The lowest BCUT2D eigenvalue weighted by atomic mass is 10.1. The minimum atomic E-state index is -0.283. The Morgan fingerprint density at radius 2 is 1.71 bits per heavy atom. The fourth-order valence-electron chi connectivity index (χ4n) is 3.02. The third-order valence-electron chi connectivity index (χ3n) is 4.48. The maximum atomic E-state index is 12.3. The van der Waals surface area contributed by atoms with Gasteiger partial charge in [-0.3, -0.25) is 9.59 Å². The number of nitrogens with one attached hydrogen (secondary N) is 1. The number of nitrogens with zero attached hydrogens (tertiary/aromatic N) is 2. The van der Waals surface area contributed by atoms with Crippen molar-refractivity contribution in [3.8, 4) is 5.75 Å². The summed E-state index contributed by atoms with van der Waals surface area (Å²) in [5.41, 5.74) is 5.56. The molecule has 1 aliphatic heterocycles. The van der Waals surface area contributed by atoms with E-state index in [1.165, 1.54) is 0 Å². The Balaban J connectivity index is 1.61. The van der Waals surface area contributed by atoms with Crippen LogP contribution in [-0.2, 0) is 4.79 Å². The Labute approximate surface area is 165 Å². The summed E-state index contributed by atoms with van der Waals surface area (Å²) >= 11 is 0. The number of ether oxygens (including phenoxy) is 1. The molecule has 0 unspecified atom stereocenters. The number of carbonyl (C=O) groups excluding carboxylic acids is 2. The summed E-state index contributed by atoms with van der Waals surface area (Å²) < 4.78 is 5.57. The van der Waals surface area contributed by atoms with E-state index in [4.69, 9.17) is 4.74 Å². The third-order valence-corrected chi connectivity index (χ3v) is 4.48. The second-order valence-corrected chi connectivity index (χ2v) is 7.02. The molecule has 28 heavy (non-hydrogen) atoms. The first-order valence-corrected chi connectivity index (χ1v) is 9.46. The molecular weight excluding hydrogens is 354 g/mol. The van der Waals surface area contributed by atoms with Crippen LogP contribution in [0.5, 0.6) is 5.75 Å². The number of benzene rings is 2. The van der Waals surface area contributed by atoms with E-state index >= 15 is 0 Å². The Hall–Kier alpha value is -3.15. The Bertz CT molecular complexity index is 871. The van der Waals surface area contributed by atoms with E-state index in [2.05, 4.69) is 10.5 Å². The largest absolute Gasteiger partial charge is 0.491 e. The molecule has 3 rings (SSSR count). The van der Waals surface area contributed by atoms with E-state index in [-0.39, 0.29) is 17.9 Å². The zero-order valence-electron chi connectivity index (χ0n) is 16.4. The topological polar surface area (TPSA) is 71.0 Å². The summed E-state index contributed by atoms with van der Waals surface area (Å²) in [6, 6.07) is 14.6. The van der Waals surface area contributed by atoms with E-state index in [0.29, 0.717) is 17.7 Å². The highest BCUT2D eigenvalue weighted by Gasteiger charge is 2.21. The number of carbonyl (C=O) groups is 2. The van der Waals surface area contributed by atoms with Gasteiger partial charge in [0.05, 0.1) is 11.8 Å². The molecule has 0 spiro atoms. The van der Waals surface area contributed by atoms with E-state index in [1.54, 1.807) is 29.2 Å². The summed E-state index contributed by atoms with van der Waals surface area (Å²) in [7, 11) is 0. The van der Waals surface area contributed by atoms with Gasteiger partial charge >= 0.3 is 0 Å². The number of anilines is 1. The van der Waals surface area contributed by atoms with Crippen LogP contribution in [-0.4, -0.2) is 30.2 Å². The van der Waals surface area contributed by atoms with Crippen LogP contribution >= 0.6 is 0 Å². The molecule has 1 fully saturated rings. The summed E-state index contributed by atoms with van der Waals surface area (Å²) in [6.45, 7) is 6.50. The summed E-state index contributed by atoms with van der Waals surface area (Å²) in [5.74, 6) is 0.604. The van der Waals surface area contributed by atoms with Crippen LogP contribution in [0, 0.1) is 0 Å². The fraction of sp³-hybridized carbons (Fsp3) is 0.318. The van der Waals surface area contributed by atoms with Crippen LogP contribution in [0.4, 0.5) is 5.69 Å². The van der Waals surface area contributed by atoms with Crippen LogP contribution in [0.15, 0.2) is 53.6 Å². The molecule has 0 radical (unpaired) electrons. The predicted octanol–water partition coefficient (Wildman–Crippen LogP) is 3.75. The van der Waals surface area contributed by atoms with Gasteiger partial charge in [-0.25, -0.2) is 5.43 Å². The molecule has 0 aliphatic carbocycles. The number of hydrogen-bond acceptors (Lipinski definition) is 4. The number of hydrazone groups is 1. The van der Waals surface area contributed by atoms with Crippen LogP contribution in [0.3, 0.4) is 0 Å². The second kappa shape index (κ2) is 8.69. The standard InChI is InChI=1S/C22H25N3O3/c1-15(2)28-20-12-8-18(9-13-20)22(27)24-23-16(3)17-6-10-19(11-7-17)25-14-4-5-21(25)26/h6-13,15H,4-5,14H2,1-3H3,(H,24,27)/b23-16-. The molecule has 1 N–H and O–H groups in total. The monoisotopic (exact) mass is 379 g/mol. The van der Waals surface area contributed by atoms with Crippen molar-refractivity contribution in [2.24, 2.45) is 5.10 Å². The molecule has 0 aromatic heterocycles. The summed E-state index contributed by atoms with van der Waals surface area (Å²) in [6.07, 6.45) is 1.60. The maximum Gasteiger partial charge on any atom is 0.271 e. The SMILES string of the molecule is C/C(=N/NC(=O)c1ccc(OC(C)C)cc1)c1ccc(N2CCCC2=O)cc1. The van der Waals surface area contributed by atoms with Crippen LogP contribution in [0.2, 0.25) is 0 Å². The molecule has 6 nitrogen and oxygen atoms in total. The first-order chi connectivity index (χ1) is 13.4. The van der Waals surface area contributed by atoms with Crippen molar-refractivity contribution in [3.63, 3.8) is 0 Å². The number of rotatable bonds is 6. The van der Waals surface area contributed by atoms with Crippen LogP contribution < -0.4 is 15.1 Å². The molecule has 2 aromatic carbocycles. The lowest BCUT2D eigenvalue weighted by Crippen LogP contribution is -2.23. The molecule has 0 bridgehead atoms. The molecule has 146 valence electrons. The zero-order valence-corrected chi connectivity index (χ0v) is 16.4. The van der Waals surface area contributed by atoms with Gasteiger partial charge in [-0.1, -0.05) is 12.1 Å². The number of hydrogen-bond donors (Lipinski definition) is 1. The Morgan fingerprint density at radius 3 is 2.29 bits per heavy atom. The highest BCUT2D eigenvalue weighted by Crippen LogP contribution is 2.21. The smallest absolute Gasteiger partial charge is 0.271 e. The molecule has 0 saturated carbocycles. The van der Waals surface area contributed by atoms with Gasteiger partial charge in [-0.2, -0.15) is 5.10 Å². The molecule has 2 amide bonds. The van der Waals surface area contributed by atoms with Crippen molar-refractivity contribution in [1.29, 1.82) is 0 Å². The third kappa shape index (κ3) is 4.76. The van der Waals surface area contributed by atoms with Crippen molar-refractivity contribution in [2.75, 3.05) is 11.4 Å². The van der Waals surface area contributed by atoms with Crippen molar-refractivity contribution >= 4 is 23.2 Å². The normalized spacial score (nSPS) is 14.5. The van der Waals surface area contributed by atoms with E-state index < -0.39 is 0 Å². The highest BCUT2D eigenvalue weighted by molar-refractivity contribution is 6.01. The fourth-order valence-corrected chi connectivity index (χ4v) is 3.02. The van der Waals surface area contributed by atoms with Crippen molar-refractivity contribution < 1.29 is 14.3 Å². The van der Waals surface area contributed by atoms with Gasteiger partial charge in [0, 0.05) is 24.2 Å². The quantitative estimate of drug-likeness (QED) is 0.614. The van der Waals surface area contributed by atoms with Gasteiger partial charge in [-0.15, -0.1) is 0 Å². The second-order valence-electron chi connectivity index (χ2n) is 7.02. The van der Waals surface area contributed by atoms with Gasteiger partial charge in [0.2, 0.25) is 5.91 Å². The van der Waals surface area contributed by atoms with Gasteiger partial charge in [0.1, 0.15) is 5.75 Å². The molecule has 1 aliphatic rings. The Morgan fingerprint density at radius 1 is 1.07 bits per heavy atom. The number of amides is 2. The first-order valence-electron chi connectivity index (χ1n) is 9.46. The first kappa shape index (κ1) is 19.6. The van der Waals surface area contributed by atoms with Gasteiger partial charge in [0.25, 0.3) is 5.91 Å². The van der Waals surface area contributed by atoms with Gasteiger partial charge in [-0.05, 0) is 69.2 Å². The zero-order chi connectivity index (χ0) is 20.1. The van der Waals surface area contributed by atoms with Crippen molar-refractivity contribution in [1.82, 2.24) is 5.43 Å². The minimum absolute atomic E-state index is 0.0851. The van der Waals surface area contributed by atoms with Gasteiger partial charge < -0.3 is 9.64 Å². The summed E-state index contributed by atoms with van der Waals surface area (Å²) in [5, 5.41) is 4.19. The predicted molar refractivity (Wildman–Crippen MR) is 110 cm³/mol. The molecule has 1 saturated heterocycles. The van der Waals surface area contributed by atoms with Crippen molar-refractivity contribution in [3.05, 3.63) is 59.7 Å². The minimum Gasteiger partial charge on any atom is -0.491 e. The maximum absolute atomic E-state index is 12.3. The molecule has 1 heterocycles. The average molecular weight is 379 g/mol.